The Morgan fingerprint density at radius 1 is 1.36 bits per heavy atom. The van der Waals surface area contributed by atoms with E-state index in [9.17, 15) is 22.4 Å². The Kier molecular flexibility index (Phi) is 6.52. The SMILES string of the molecule is CCCCN(C(=O)COC(=O)c1cccc(F)c1)C1CCS(=O)(=O)C1. The molecule has 0 bridgehead atoms. The van der Waals surface area contributed by atoms with Crippen molar-refractivity contribution in [2.75, 3.05) is 24.7 Å². The van der Waals surface area contributed by atoms with Crippen LogP contribution >= 0.6 is 0 Å². The highest BCUT2D eigenvalue weighted by atomic mass is 32.2. The van der Waals surface area contributed by atoms with E-state index in [0.29, 0.717) is 13.0 Å². The average Bonchev–Trinajstić information content (AvgIpc) is 2.92. The molecule has 1 saturated heterocycles. The summed E-state index contributed by atoms with van der Waals surface area (Å²) in [6, 6.07) is 4.64. The molecule has 2 rings (SSSR count). The molecule has 0 spiro atoms. The number of hydrogen-bond donors (Lipinski definition) is 0. The van der Waals surface area contributed by atoms with Gasteiger partial charge < -0.3 is 9.64 Å². The minimum Gasteiger partial charge on any atom is -0.452 e. The fraction of sp³-hybridized carbons (Fsp3) is 0.529. The molecule has 1 aromatic rings. The smallest absolute Gasteiger partial charge is 0.338 e. The summed E-state index contributed by atoms with van der Waals surface area (Å²) in [4.78, 5) is 25.8. The van der Waals surface area contributed by atoms with Crippen molar-refractivity contribution >= 4 is 21.7 Å². The monoisotopic (exact) mass is 371 g/mol. The van der Waals surface area contributed by atoms with Crippen molar-refractivity contribution in [3.63, 3.8) is 0 Å². The van der Waals surface area contributed by atoms with Crippen molar-refractivity contribution in [1.82, 2.24) is 4.90 Å². The number of carbonyl (C=O) groups is 2. The Morgan fingerprint density at radius 2 is 2.12 bits per heavy atom. The number of unbranched alkanes of at least 4 members (excludes halogenated alkanes) is 1. The summed E-state index contributed by atoms with van der Waals surface area (Å²) < 4.78 is 41.4. The van der Waals surface area contributed by atoms with E-state index >= 15 is 0 Å². The van der Waals surface area contributed by atoms with Crippen LogP contribution in [0.1, 0.15) is 36.5 Å². The Labute approximate surface area is 146 Å². The van der Waals surface area contributed by atoms with Gasteiger partial charge in [0.2, 0.25) is 0 Å². The molecule has 25 heavy (non-hydrogen) atoms. The zero-order valence-electron chi connectivity index (χ0n) is 14.1. The largest absolute Gasteiger partial charge is 0.452 e. The molecule has 1 fully saturated rings. The second kappa shape index (κ2) is 8.42. The van der Waals surface area contributed by atoms with Crippen LogP contribution < -0.4 is 0 Å². The Hall–Kier alpha value is -1.96. The third-order valence-electron chi connectivity index (χ3n) is 4.11. The van der Waals surface area contributed by atoms with Gasteiger partial charge in [0.25, 0.3) is 5.91 Å². The lowest BCUT2D eigenvalue weighted by molar-refractivity contribution is -0.136. The summed E-state index contributed by atoms with van der Waals surface area (Å²) in [7, 11) is -3.12. The van der Waals surface area contributed by atoms with Crippen LogP contribution in [0.15, 0.2) is 24.3 Å². The molecule has 0 aliphatic carbocycles. The molecule has 6 nitrogen and oxygen atoms in total. The molecule has 1 amide bonds. The molecule has 1 heterocycles. The number of hydrogen-bond acceptors (Lipinski definition) is 5. The molecule has 138 valence electrons. The van der Waals surface area contributed by atoms with E-state index in [0.717, 1.165) is 18.9 Å². The molecular formula is C17H22FNO5S. The number of benzene rings is 1. The molecule has 1 aliphatic heterocycles. The summed E-state index contributed by atoms with van der Waals surface area (Å²) in [6.45, 7) is 1.90. The summed E-state index contributed by atoms with van der Waals surface area (Å²) >= 11 is 0. The van der Waals surface area contributed by atoms with Crippen molar-refractivity contribution in [1.29, 1.82) is 0 Å². The number of carbonyl (C=O) groups excluding carboxylic acids is 2. The van der Waals surface area contributed by atoms with Gasteiger partial charge in [0, 0.05) is 12.6 Å². The normalized spacial score (nSPS) is 18.7. The van der Waals surface area contributed by atoms with Gasteiger partial charge in [0.1, 0.15) is 5.82 Å². The van der Waals surface area contributed by atoms with Crippen LogP contribution in [-0.4, -0.2) is 55.9 Å². The van der Waals surface area contributed by atoms with Gasteiger partial charge in [0.05, 0.1) is 17.1 Å². The fourth-order valence-corrected chi connectivity index (χ4v) is 4.50. The minimum atomic E-state index is -3.12. The maximum Gasteiger partial charge on any atom is 0.338 e. The summed E-state index contributed by atoms with van der Waals surface area (Å²) in [6.07, 6.45) is 1.99. The van der Waals surface area contributed by atoms with E-state index in [2.05, 4.69) is 0 Å². The maximum absolute atomic E-state index is 13.1. The molecule has 1 aliphatic rings. The van der Waals surface area contributed by atoms with Crippen molar-refractivity contribution in [2.24, 2.45) is 0 Å². The topological polar surface area (TPSA) is 80.8 Å². The Bertz CT molecular complexity index is 734. The van der Waals surface area contributed by atoms with Crippen molar-refractivity contribution in [3.05, 3.63) is 35.6 Å². The molecule has 0 saturated carbocycles. The third-order valence-corrected chi connectivity index (χ3v) is 5.86. The zero-order valence-corrected chi connectivity index (χ0v) is 14.9. The van der Waals surface area contributed by atoms with Crippen LogP contribution in [0.5, 0.6) is 0 Å². The van der Waals surface area contributed by atoms with Crippen molar-refractivity contribution < 1.29 is 27.1 Å². The van der Waals surface area contributed by atoms with Crippen molar-refractivity contribution in [3.8, 4) is 0 Å². The molecule has 1 aromatic carbocycles. The molecule has 0 aromatic heterocycles. The Balaban J connectivity index is 1.98. The van der Waals surface area contributed by atoms with Gasteiger partial charge in [0.15, 0.2) is 16.4 Å². The van der Waals surface area contributed by atoms with Gasteiger partial charge in [-0.25, -0.2) is 17.6 Å². The number of nitrogens with zero attached hydrogens (tertiary/aromatic N) is 1. The highest BCUT2D eigenvalue weighted by molar-refractivity contribution is 7.91. The second-order valence-electron chi connectivity index (χ2n) is 6.08. The first kappa shape index (κ1) is 19.4. The van der Waals surface area contributed by atoms with Gasteiger partial charge in [-0.2, -0.15) is 0 Å². The van der Waals surface area contributed by atoms with E-state index in [-0.39, 0.29) is 23.1 Å². The number of sulfone groups is 1. The first-order valence-corrected chi connectivity index (χ1v) is 10.1. The quantitative estimate of drug-likeness (QED) is 0.683. The van der Waals surface area contributed by atoms with Crippen LogP contribution in [0.25, 0.3) is 0 Å². The van der Waals surface area contributed by atoms with Gasteiger partial charge in [-0.1, -0.05) is 19.4 Å². The van der Waals surface area contributed by atoms with Crippen LogP contribution in [0.3, 0.4) is 0 Å². The predicted molar refractivity (Wildman–Crippen MR) is 90.4 cm³/mol. The summed E-state index contributed by atoms with van der Waals surface area (Å²) in [5.41, 5.74) is 0.0244. The van der Waals surface area contributed by atoms with Gasteiger partial charge in [-0.15, -0.1) is 0 Å². The van der Waals surface area contributed by atoms with Gasteiger partial charge in [-0.05, 0) is 31.0 Å². The van der Waals surface area contributed by atoms with E-state index in [1.807, 2.05) is 6.92 Å². The lowest BCUT2D eigenvalue weighted by atomic mass is 10.2. The lowest BCUT2D eigenvalue weighted by Crippen LogP contribution is -2.43. The summed E-state index contributed by atoms with van der Waals surface area (Å²) in [5, 5.41) is 0. The maximum atomic E-state index is 13.1. The van der Waals surface area contributed by atoms with Crippen LogP contribution in [0, 0.1) is 5.82 Å². The van der Waals surface area contributed by atoms with Crippen molar-refractivity contribution in [2.45, 2.75) is 32.2 Å². The minimum absolute atomic E-state index is 0.0244. The predicted octanol–water partition coefficient (Wildman–Crippen LogP) is 1.80. The van der Waals surface area contributed by atoms with Crippen LogP contribution in [-0.2, 0) is 19.4 Å². The fourth-order valence-electron chi connectivity index (χ4n) is 2.77. The highest BCUT2D eigenvalue weighted by Gasteiger charge is 2.34. The number of halogens is 1. The molecule has 0 radical (unpaired) electrons. The van der Waals surface area contributed by atoms with Gasteiger partial charge >= 0.3 is 5.97 Å². The summed E-state index contributed by atoms with van der Waals surface area (Å²) in [5.74, 6) is -1.78. The van der Waals surface area contributed by atoms with E-state index in [1.54, 1.807) is 0 Å². The molecular weight excluding hydrogens is 349 g/mol. The molecule has 8 heteroatoms. The molecule has 0 N–H and O–H groups in total. The van der Waals surface area contributed by atoms with Gasteiger partial charge in [-0.3, -0.25) is 4.79 Å². The lowest BCUT2D eigenvalue weighted by Gasteiger charge is -2.28. The number of esters is 1. The molecule has 1 atom stereocenters. The van der Waals surface area contributed by atoms with Crippen LogP contribution in [0.4, 0.5) is 4.39 Å². The van der Waals surface area contributed by atoms with E-state index < -0.39 is 34.1 Å². The zero-order chi connectivity index (χ0) is 18.4. The Morgan fingerprint density at radius 3 is 2.72 bits per heavy atom. The first-order valence-electron chi connectivity index (χ1n) is 8.25. The number of ether oxygens (including phenoxy) is 1. The molecule has 1 unspecified atom stereocenters. The standard InChI is InChI=1S/C17H22FNO5S/c1-2-3-8-19(15-7-9-25(22,23)12-15)16(20)11-24-17(21)13-5-4-6-14(18)10-13/h4-6,10,15H,2-3,7-9,11-12H2,1H3. The van der Waals surface area contributed by atoms with Crippen LogP contribution in [0.2, 0.25) is 0 Å². The average molecular weight is 371 g/mol. The third kappa shape index (κ3) is 5.52. The number of rotatable bonds is 7. The van der Waals surface area contributed by atoms with E-state index in [1.165, 1.54) is 23.1 Å². The second-order valence-corrected chi connectivity index (χ2v) is 8.31. The number of amides is 1. The van der Waals surface area contributed by atoms with E-state index in [4.69, 9.17) is 4.74 Å². The first-order chi connectivity index (χ1) is 11.8. The highest BCUT2D eigenvalue weighted by Crippen LogP contribution is 2.19.